The van der Waals surface area contributed by atoms with Crippen molar-refractivity contribution >= 4 is 0 Å². The van der Waals surface area contributed by atoms with Crippen LogP contribution in [0, 0.1) is 5.92 Å². The molecular formula is C8H13N. The van der Waals surface area contributed by atoms with Gasteiger partial charge in [0.15, 0.2) is 0 Å². The van der Waals surface area contributed by atoms with Crippen LogP contribution in [0.25, 0.3) is 0 Å². The fraction of sp³-hybridized carbons (Fsp3) is 0.250. The number of rotatable bonds is 3. The molecule has 0 fully saturated rings. The van der Waals surface area contributed by atoms with Crippen molar-refractivity contribution in [3.8, 4) is 0 Å². The summed E-state index contributed by atoms with van der Waals surface area (Å²) in [5.41, 5.74) is 6.16. The van der Waals surface area contributed by atoms with Crippen molar-refractivity contribution in [2.45, 2.75) is 6.92 Å². The predicted octanol–water partition coefficient (Wildman–Crippen LogP) is 1.84. The van der Waals surface area contributed by atoms with E-state index in [4.69, 9.17) is 5.73 Å². The van der Waals surface area contributed by atoms with Gasteiger partial charge in [-0.3, -0.25) is 0 Å². The summed E-state index contributed by atoms with van der Waals surface area (Å²) in [6.45, 7) is 9.15. The van der Waals surface area contributed by atoms with Crippen LogP contribution < -0.4 is 5.73 Å². The molecule has 0 aromatic heterocycles. The van der Waals surface area contributed by atoms with Gasteiger partial charge in [0, 0.05) is 5.70 Å². The SMILES string of the molecule is C=C/C(N)=C\C(C)C=C. The van der Waals surface area contributed by atoms with Crippen LogP contribution >= 0.6 is 0 Å². The zero-order valence-corrected chi connectivity index (χ0v) is 5.80. The molecule has 0 aliphatic carbocycles. The minimum atomic E-state index is 0.336. The Bertz CT molecular complexity index is 134. The Hall–Kier alpha value is -0.980. The highest BCUT2D eigenvalue weighted by Gasteiger charge is 1.87. The Morgan fingerprint density at radius 3 is 2.44 bits per heavy atom. The Balaban J connectivity index is 3.92. The topological polar surface area (TPSA) is 26.0 Å². The molecular weight excluding hydrogens is 110 g/mol. The highest BCUT2D eigenvalue weighted by Crippen LogP contribution is 1.99. The lowest BCUT2D eigenvalue weighted by Gasteiger charge is -1.96. The van der Waals surface area contributed by atoms with Gasteiger partial charge in [0.1, 0.15) is 0 Å². The van der Waals surface area contributed by atoms with E-state index in [0.717, 1.165) is 0 Å². The van der Waals surface area contributed by atoms with Gasteiger partial charge in [-0.05, 0) is 12.0 Å². The summed E-state index contributed by atoms with van der Waals surface area (Å²) in [5.74, 6) is 0.336. The first-order chi connectivity index (χ1) is 4.20. The van der Waals surface area contributed by atoms with Crippen molar-refractivity contribution in [2.75, 3.05) is 0 Å². The Labute approximate surface area is 56.6 Å². The minimum Gasteiger partial charge on any atom is -0.399 e. The second kappa shape index (κ2) is 3.96. The summed E-state index contributed by atoms with van der Waals surface area (Å²) in [7, 11) is 0. The van der Waals surface area contributed by atoms with Crippen molar-refractivity contribution in [3.63, 3.8) is 0 Å². The molecule has 0 bridgehead atoms. The van der Waals surface area contributed by atoms with Crippen molar-refractivity contribution in [3.05, 3.63) is 37.1 Å². The average molecular weight is 123 g/mol. The number of hydrogen-bond donors (Lipinski definition) is 1. The first kappa shape index (κ1) is 8.02. The molecule has 9 heavy (non-hydrogen) atoms. The van der Waals surface area contributed by atoms with Gasteiger partial charge in [0.25, 0.3) is 0 Å². The van der Waals surface area contributed by atoms with Gasteiger partial charge < -0.3 is 5.73 Å². The lowest BCUT2D eigenvalue weighted by Crippen LogP contribution is -1.95. The quantitative estimate of drug-likeness (QED) is 0.449. The Kier molecular flexibility index (Phi) is 3.52. The largest absolute Gasteiger partial charge is 0.399 e. The molecule has 0 aromatic rings. The molecule has 0 saturated heterocycles. The summed E-state index contributed by atoms with van der Waals surface area (Å²) in [6, 6.07) is 0. The standard InChI is InChI=1S/C8H13N/c1-4-7(3)6-8(9)5-2/h4-7H,1-2,9H2,3H3/b8-6+. The van der Waals surface area contributed by atoms with Crippen LogP contribution in [0.5, 0.6) is 0 Å². The third-order valence-electron chi connectivity index (χ3n) is 1.06. The Morgan fingerprint density at radius 2 is 2.11 bits per heavy atom. The first-order valence-corrected chi connectivity index (χ1v) is 2.93. The van der Waals surface area contributed by atoms with E-state index in [1.807, 2.05) is 19.1 Å². The van der Waals surface area contributed by atoms with Crippen molar-refractivity contribution in [1.29, 1.82) is 0 Å². The first-order valence-electron chi connectivity index (χ1n) is 2.93. The second-order valence-electron chi connectivity index (χ2n) is 1.97. The van der Waals surface area contributed by atoms with E-state index in [0.29, 0.717) is 11.6 Å². The Morgan fingerprint density at radius 1 is 1.56 bits per heavy atom. The molecule has 0 amide bonds. The van der Waals surface area contributed by atoms with Gasteiger partial charge in [-0.15, -0.1) is 6.58 Å². The summed E-state index contributed by atoms with van der Waals surface area (Å²) in [5, 5.41) is 0. The summed E-state index contributed by atoms with van der Waals surface area (Å²) in [6.07, 6.45) is 5.36. The highest BCUT2D eigenvalue weighted by atomic mass is 14.5. The second-order valence-corrected chi connectivity index (χ2v) is 1.97. The maximum Gasteiger partial charge on any atom is 0.0273 e. The van der Waals surface area contributed by atoms with Gasteiger partial charge in [-0.25, -0.2) is 0 Å². The van der Waals surface area contributed by atoms with E-state index in [1.165, 1.54) is 0 Å². The molecule has 0 aliphatic heterocycles. The van der Waals surface area contributed by atoms with Gasteiger partial charge in [0.2, 0.25) is 0 Å². The van der Waals surface area contributed by atoms with E-state index in [2.05, 4.69) is 13.2 Å². The monoisotopic (exact) mass is 123 g/mol. The van der Waals surface area contributed by atoms with Crippen LogP contribution in [-0.2, 0) is 0 Å². The number of nitrogens with two attached hydrogens (primary N) is 1. The summed E-state index contributed by atoms with van der Waals surface area (Å²) >= 11 is 0. The van der Waals surface area contributed by atoms with Crippen molar-refractivity contribution in [2.24, 2.45) is 11.7 Å². The minimum absolute atomic E-state index is 0.336. The van der Waals surface area contributed by atoms with Crippen molar-refractivity contribution < 1.29 is 0 Å². The summed E-state index contributed by atoms with van der Waals surface area (Å²) in [4.78, 5) is 0. The average Bonchev–Trinajstić information content (AvgIpc) is 1.87. The zero-order chi connectivity index (χ0) is 7.28. The van der Waals surface area contributed by atoms with Crippen LogP contribution in [0.1, 0.15) is 6.92 Å². The molecule has 1 unspecified atom stereocenters. The molecule has 1 nitrogen and oxygen atoms in total. The summed E-state index contributed by atoms with van der Waals surface area (Å²) < 4.78 is 0. The van der Waals surface area contributed by atoms with Crippen LogP contribution in [0.4, 0.5) is 0 Å². The highest BCUT2D eigenvalue weighted by molar-refractivity contribution is 5.14. The lowest BCUT2D eigenvalue weighted by molar-refractivity contribution is 0.931. The van der Waals surface area contributed by atoms with E-state index in [-0.39, 0.29) is 0 Å². The van der Waals surface area contributed by atoms with Gasteiger partial charge in [0.05, 0.1) is 0 Å². The van der Waals surface area contributed by atoms with Crippen molar-refractivity contribution in [1.82, 2.24) is 0 Å². The normalized spacial score (nSPS) is 14.6. The molecule has 0 rings (SSSR count). The third kappa shape index (κ3) is 3.59. The number of hydrogen-bond acceptors (Lipinski definition) is 1. The molecule has 0 aromatic carbocycles. The third-order valence-corrected chi connectivity index (χ3v) is 1.06. The molecule has 0 saturated carbocycles. The predicted molar refractivity (Wildman–Crippen MR) is 41.8 cm³/mol. The molecule has 0 spiro atoms. The maximum absolute atomic E-state index is 5.44. The van der Waals surface area contributed by atoms with E-state index >= 15 is 0 Å². The maximum atomic E-state index is 5.44. The van der Waals surface area contributed by atoms with Crippen LogP contribution in [0.2, 0.25) is 0 Å². The molecule has 0 heterocycles. The molecule has 1 atom stereocenters. The van der Waals surface area contributed by atoms with E-state index < -0.39 is 0 Å². The van der Waals surface area contributed by atoms with Crippen LogP contribution in [0.15, 0.2) is 37.1 Å². The van der Waals surface area contributed by atoms with Gasteiger partial charge in [-0.2, -0.15) is 0 Å². The fourth-order valence-corrected chi connectivity index (χ4v) is 0.440. The molecule has 0 radical (unpaired) electrons. The van der Waals surface area contributed by atoms with Crippen LogP contribution in [0.3, 0.4) is 0 Å². The smallest absolute Gasteiger partial charge is 0.0273 e. The van der Waals surface area contributed by atoms with E-state index in [9.17, 15) is 0 Å². The molecule has 0 aliphatic rings. The molecule has 50 valence electrons. The zero-order valence-electron chi connectivity index (χ0n) is 5.80. The fourth-order valence-electron chi connectivity index (χ4n) is 0.440. The van der Waals surface area contributed by atoms with Gasteiger partial charge in [-0.1, -0.05) is 25.7 Å². The lowest BCUT2D eigenvalue weighted by atomic mass is 10.1. The van der Waals surface area contributed by atoms with Gasteiger partial charge >= 0.3 is 0 Å². The van der Waals surface area contributed by atoms with E-state index in [1.54, 1.807) is 6.08 Å². The van der Waals surface area contributed by atoms with Crippen LogP contribution in [-0.4, -0.2) is 0 Å². The number of allylic oxidation sites excluding steroid dienone is 3. The molecule has 2 N–H and O–H groups in total. The molecule has 1 heteroatoms.